The number of hydrogen-bond donors (Lipinski definition) is 1. The molecule has 1 aromatic heterocycles. The zero-order chi connectivity index (χ0) is 10.1. The second-order valence-corrected chi connectivity index (χ2v) is 4.68. The molecule has 1 aliphatic heterocycles. The van der Waals surface area contributed by atoms with Crippen LogP contribution in [0.25, 0.3) is 0 Å². The highest BCUT2D eigenvalue weighted by molar-refractivity contribution is 7.15. The van der Waals surface area contributed by atoms with Crippen molar-refractivity contribution >= 4 is 16.5 Å². The summed E-state index contributed by atoms with van der Waals surface area (Å²) < 4.78 is 5.75. The molecule has 1 N–H and O–H groups in total. The Kier molecular flexibility index (Phi) is 2.74. The summed E-state index contributed by atoms with van der Waals surface area (Å²) in [5.41, 5.74) is 1.22. The van der Waals surface area contributed by atoms with Gasteiger partial charge >= 0.3 is 0 Å². The highest BCUT2D eigenvalue weighted by Gasteiger charge is 2.25. The van der Waals surface area contributed by atoms with Crippen molar-refractivity contribution in [3.05, 3.63) is 10.6 Å². The summed E-state index contributed by atoms with van der Waals surface area (Å²) in [6, 6.07) is 0. The van der Waals surface area contributed by atoms with E-state index in [1.165, 1.54) is 10.6 Å². The van der Waals surface area contributed by atoms with Crippen LogP contribution in [0.3, 0.4) is 0 Å². The summed E-state index contributed by atoms with van der Waals surface area (Å²) >= 11 is 1.72. The van der Waals surface area contributed by atoms with Crippen LogP contribution in [0, 0.1) is 0 Å². The summed E-state index contributed by atoms with van der Waals surface area (Å²) in [4.78, 5) is 5.86. The van der Waals surface area contributed by atoms with Crippen LogP contribution in [0.2, 0.25) is 0 Å². The monoisotopic (exact) mass is 212 g/mol. The average molecular weight is 212 g/mol. The topological polar surface area (TPSA) is 34.2 Å². The third kappa shape index (κ3) is 1.77. The summed E-state index contributed by atoms with van der Waals surface area (Å²) in [5.74, 6) is 0. The maximum Gasteiger partial charge on any atom is 0.183 e. The lowest BCUT2D eigenvalue weighted by molar-refractivity contribution is -0.00316. The molecule has 0 amide bonds. The molecule has 4 heteroatoms. The molecule has 14 heavy (non-hydrogen) atoms. The number of ether oxygens (including phenoxy) is 1. The van der Waals surface area contributed by atoms with Crippen LogP contribution in [0.1, 0.15) is 37.4 Å². The Balaban J connectivity index is 2.26. The fraction of sp³-hybridized carbons (Fsp3) is 0.700. The molecule has 1 aliphatic rings. The molecule has 2 atom stereocenters. The van der Waals surface area contributed by atoms with Crippen LogP contribution >= 0.6 is 11.3 Å². The summed E-state index contributed by atoms with van der Waals surface area (Å²) in [7, 11) is 0. The van der Waals surface area contributed by atoms with Crippen molar-refractivity contribution in [3.8, 4) is 0 Å². The van der Waals surface area contributed by atoms with E-state index >= 15 is 0 Å². The Labute approximate surface area is 88.5 Å². The average Bonchev–Trinajstić information content (AvgIpc) is 2.48. The maximum atomic E-state index is 5.75. The molecule has 2 rings (SSSR count). The van der Waals surface area contributed by atoms with E-state index in [1.54, 1.807) is 11.3 Å². The van der Waals surface area contributed by atoms with E-state index in [0.29, 0.717) is 6.10 Å². The second-order valence-electron chi connectivity index (χ2n) is 3.65. The normalized spacial score (nSPS) is 25.9. The fourth-order valence-corrected chi connectivity index (χ4v) is 2.83. The van der Waals surface area contributed by atoms with Gasteiger partial charge in [0.05, 0.1) is 22.8 Å². The Bertz CT molecular complexity index is 324. The quantitative estimate of drug-likeness (QED) is 0.818. The van der Waals surface area contributed by atoms with Gasteiger partial charge in [-0.1, -0.05) is 11.3 Å². The Morgan fingerprint density at radius 1 is 1.57 bits per heavy atom. The molecule has 3 nitrogen and oxygen atoms in total. The highest BCUT2D eigenvalue weighted by Crippen LogP contribution is 2.35. The molecule has 2 unspecified atom stereocenters. The predicted molar refractivity (Wildman–Crippen MR) is 58.9 cm³/mol. The van der Waals surface area contributed by atoms with Crippen molar-refractivity contribution < 1.29 is 4.74 Å². The van der Waals surface area contributed by atoms with Crippen LogP contribution in [-0.4, -0.2) is 17.6 Å². The molecule has 0 aliphatic carbocycles. The molecular weight excluding hydrogens is 196 g/mol. The van der Waals surface area contributed by atoms with Gasteiger partial charge in [0.2, 0.25) is 0 Å². The van der Waals surface area contributed by atoms with Gasteiger partial charge in [0.25, 0.3) is 0 Å². The van der Waals surface area contributed by atoms with Gasteiger partial charge in [-0.2, -0.15) is 0 Å². The first-order chi connectivity index (χ1) is 6.70. The first kappa shape index (κ1) is 9.93. The molecule has 0 saturated carbocycles. The van der Waals surface area contributed by atoms with Gasteiger partial charge in [-0.15, -0.1) is 0 Å². The summed E-state index contributed by atoms with van der Waals surface area (Å²) in [5, 5.41) is 4.28. The van der Waals surface area contributed by atoms with Crippen molar-refractivity contribution in [2.45, 2.75) is 39.4 Å². The molecule has 1 aromatic rings. The van der Waals surface area contributed by atoms with Crippen LogP contribution in [0.5, 0.6) is 0 Å². The summed E-state index contributed by atoms with van der Waals surface area (Å²) in [6.07, 6.45) is 1.45. The molecule has 0 saturated heterocycles. The molecule has 0 fully saturated rings. The first-order valence-electron chi connectivity index (χ1n) is 5.09. The van der Waals surface area contributed by atoms with Gasteiger partial charge in [0.15, 0.2) is 5.13 Å². The van der Waals surface area contributed by atoms with E-state index in [9.17, 15) is 0 Å². The maximum absolute atomic E-state index is 5.75. The largest absolute Gasteiger partial charge is 0.370 e. The molecule has 0 aromatic carbocycles. The van der Waals surface area contributed by atoms with Crippen molar-refractivity contribution in [2.75, 3.05) is 11.9 Å². The zero-order valence-corrected chi connectivity index (χ0v) is 9.65. The van der Waals surface area contributed by atoms with E-state index in [0.717, 1.165) is 18.1 Å². The number of thiazole rings is 1. The minimum absolute atomic E-state index is 0.207. The van der Waals surface area contributed by atoms with E-state index in [-0.39, 0.29) is 6.10 Å². The second kappa shape index (κ2) is 3.87. The van der Waals surface area contributed by atoms with Gasteiger partial charge in [0.1, 0.15) is 0 Å². The molecule has 78 valence electrons. The Morgan fingerprint density at radius 3 is 3.07 bits per heavy atom. The minimum atomic E-state index is 0.207. The van der Waals surface area contributed by atoms with Gasteiger partial charge < -0.3 is 10.1 Å². The first-order valence-corrected chi connectivity index (χ1v) is 5.91. The van der Waals surface area contributed by atoms with E-state index in [2.05, 4.69) is 31.1 Å². The number of aromatic nitrogens is 1. The highest BCUT2D eigenvalue weighted by atomic mass is 32.1. The zero-order valence-electron chi connectivity index (χ0n) is 8.83. The Hall–Kier alpha value is -0.610. The molecule has 0 radical (unpaired) electrons. The van der Waals surface area contributed by atoms with Crippen molar-refractivity contribution in [2.24, 2.45) is 0 Å². The predicted octanol–water partition coefficient (Wildman–Crippen LogP) is 2.60. The standard InChI is InChI=1S/C10H16N2OS/c1-4-11-10-12-8-5-6(2)13-7(3)9(8)14-10/h6-7H,4-5H2,1-3H3,(H,11,12). The fourth-order valence-electron chi connectivity index (χ4n) is 1.78. The number of rotatable bonds is 2. The molecule has 2 heterocycles. The van der Waals surface area contributed by atoms with Crippen LogP contribution < -0.4 is 5.32 Å². The number of nitrogens with one attached hydrogen (secondary N) is 1. The lowest BCUT2D eigenvalue weighted by Crippen LogP contribution is -2.20. The van der Waals surface area contributed by atoms with Crippen LogP contribution in [-0.2, 0) is 11.2 Å². The number of anilines is 1. The number of hydrogen-bond acceptors (Lipinski definition) is 4. The SMILES string of the molecule is CCNc1nc2c(s1)C(C)OC(C)C2. The third-order valence-corrected chi connectivity index (χ3v) is 3.56. The Morgan fingerprint density at radius 2 is 2.36 bits per heavy atom. The van der Waals surface area contributed by atoms with Crippen molar-refractivity contribution in [1.29, 1.82) is 0 Å². The molecular formula is C10H16N2OS. The lowest BCUT2D eigenvalue weighted by Gasteiger charge is -2.23. The number of fused-ring (bicyclic) bond motifs is 1. The molecule has 0 bridgehead atoms. The van der Waals surface area contributed by atoms with Gasteiger partial charge in [0, 0.05) is 13.0 Å². The summed E-state index contributed by atoms with van der Waals surface area (Å²) in [6.45, 7) is 7.22. The van der Waals surface area contributed by atoms with Crippen LogP contribution in [0.15, 0.2) is 0 Å². The van der Waals surface area contributed by atoms with E-state index < -0.39 is 0 Å². The minimum Gasteiger partial charge on any atom is -0.370 e. The smallest absolute Gasteiger partial charge is 0.183 e. The van der Waals surface area contributed by atoms with E-state index in [4.69, 9.17) is 4.74 Å². The van der Waals surface area contributed by atoms with Crippen molar-refractivity contribution in [3.63, 3.8) is 0 Å². The van der Waals surface area contributed by atoms with Gasteiger partial charge in [-0.25, -0.2) is 4.98 Å². The molecule has 0 spiro atoms. The lowest BCUT2D eigenvalue weighted by atomic mass is 10.1. The van der Waals surface area contributed by atoms with Gasteiger partial charge in [-0.05, 0) is 20.8 Å². The third-order valence-electron chi connectivity index (χ3n) is 2.34. The van der Waals surface area contributed by atoms with Crippen LogP contribution in [0.4, 0.5) is 5.13 Å². The number of nitrogens with zero attached hydrogens (tertiary/aromatic N) is 1. The van der Waals surface area contributed by atoms with Crippen molar-refractivity contribution in [1.82, 2.24) is 4.98 Å². The van der Waals surface area contributed by atoms with E-state index in [1.807, 2.05) is 0 Å². The van der Waals surface area contributed by atoms with Gasteiger partial charge in [-0.3, -0.25) is 0 Å².